The Bertz CT molecular complexity index is 1350. The van der Waals surface area contributed by atoms with E-state index in [0.29, 0.717) is 44.7 Å². The Hall–Kier alpha value is -3.59. The average Bonchev–Trinajstić information content (AvgIpc) is 3.38. The third kappa shape index (κ3) is 4.49. The van der Waals surface area contributed by atoms with Crippen molar-refractivity contribution >= 4 is 22.4 Å². The molecule has 0 atom stereocenters. The Morgan fingerprint density at radius 3 is 2.39 bits per heavy atom. The van der Waals surface area contributed by atoms with E-state index < -0.39 is 0 Å². The number of hydrogen-bond donors (Lipinski definition) is 0. The predicted molar refractivity (Wildman–Crippen MR) is 128 cm³/mol. The van der Waals surface area contributed by atoms with E-state index in [0.717, 1.165) is 24.2 Å². The summed E-state index contributed by atoms with van der Waals surface area (Å²) in [4.78, 5) is 18.1. The van der Waals surface area contributed by atoms with Crippen LogP contribution in [0.15, 0.2) is 41.2 Å². The maximum absolute atomic E-state index is 13.0. The van der Waals surface area contributed by atoms with Crippen LogP contribution in [0.2, 0.25) is 0 Å². The minimum atomic E-state index is -0.232. The standard InChI is InChI=1S/C24H25N3O5S/c1-5-6-11-32-17-10-8-7-9-15(17)14-20-23(28)27-24(33-20)25-22(26-27)16-12-18(29-2)21(31-4)19(13-16)30-3/h7-10,12-14H,5-6,11H2,1-4H3. The number of nitrogens with zero attached hydrogens (tertiary/aromatic N) is 3. The highest BCUT2D eigenvalue weighted by molar-refractivity contribution is 7.15. The van der Waals surface area contributed by atoms with Crippen molar-refractivity contribution in [2.24, 2.45) is 0 Å². The number of para-hydroxylation sites is 1. The normalized spacial score (nSPS) is 11.7. The third-order valence-corrected chi connectivity index (χ3v) is 6.03. The molecular formula is C24H25N3O5S. The number of benzene rings is 2. The lowest BCUT2D eigenvalue weighted by Crippen LogP contribution is -2.23. The highest BCUT2D eigenvalue weighted by Gasteiger charge is 2.18. The maximum Gasteiger partial charge on any atom is 0.291 e. The Morgan fingerprint density at radius 2 is 1.76 bits per heavy atom. The molecule has 0 aliphatic rings. The van der Waals surface area contributed by atoms with E-state index in [1.165, 1.54) is 15.9 Å². The summed E-state index contributed by atoms with van der Waals surface area (Å²) in [5.74, 6) is 2.60. The fourth-order valence-corrected chi connectivity index (χ4v) is 4.26. The minimum Gasteiger partial charge on any atom is -0.493 e. The van der Waals surface area contributed by atoms with Gasteiger partial charge in [0, 0.05) is 11.1 Å². The molecule has 0 saturated carbocycles. The van der Waals surface area contributed by atoms with E-state index >= 15 is 0 Å². The molecule has 0 fully saturated rings. The monoisotopic (exact) mass is 467 g/mol. The van der Waals surface area contributed by atoms with Gasteiger partial charge in [-0.3, -0.25) is 4.79 Å². The van der Waals surface area contributed by atoms with E-state index in [1.54, 1.807) is 33.5 Å². The highest BCUT2D eigenvalue weighted by atomic mass is 32.1. The van der Waals surface area contributed by atoms with Gasteiger partial charge in [0.25, 0.3) is 5.56 Å². The van der Waals surface area contributed by atoms with Crippen molar-refractivity contribution in [1.82, 2.24) is 14.6 Å². The van der Waals surface area contributed by atoms with Crippen molar-refractivity contribution < 1.29 is 18.9 Å². The minimum absolute atomic E-state index is 0.232. The summed E-state index contributed by atoms with van der Waals surface area (Å²) in [5, 5.41) is 4.43. The molecule has 4 aromatic rings. The van der Waals surface area contributed by atoms with Gasteiger partial charge in [-0.25, -0.2) is 0 Å². The molecule has 8 nitrogen and oxygen atoms in total. The summed E-state index contributed by atoms with van der Waals surface area (Å²) >= 11 is 1.28. The Labute approximate surface area is 195 Å². The number of hydrogen-bond acceptors (Lipinski definition) is 8. The smallest absolute Gasteiger partial charge is 0.291 e. The van der Waals surface area contributed by atoms with Crippen LogP contribution in [0.1, 0.15) is 25.3 Å². The summed E-state index contributed by atoms with van der Waals surface area (Å²) in [5.41, 5.74) is 1.27. The van der Waals surface area contributed by atoms with Gasteiger partial charge in [-0.15, -0.1) is 5.10 Å². The van der Waals surface area contributed by atoms with Crippen LogP contribution in [0.4, 0.5) is 0 Å². The van der Waals surface area contributed by atoms with E-state index in [1.807, 2.05) is 30.3 Å². The van der Waals surface area contributed by atoms with Crippen LogP contribution < -0.4 is 29.0 Å². The van der Waals surface area contributed by atoms with E-state index in [2.05, 4.69) is 17.0 Å². The van der Waals surface area contributed by atoms with Gasteiger partial charge >= 0.3 is 0 Å². The van der Waals surface area contributed by atoms with Crippen molar-refractivity contribution in [1.29, 1.82) is 0 Å². The first-order valence-corrected chi connectivity index (χ1v) is 11.3. The number of methoxy groups -OCH3 is 3. The molecule has 2 aromatic carbocycles. The molecule has 0 aliphatic carbocycles. The quantitative estimate of drug-likeness (QED) is 0.348. The first-order chi connectivity index (χ1) is 16.1. The average molecular weight is 468 g/mol. The number of fused-ring (bicyclic) bond motifs is 1. The lowest BCUT2D eigenvalue weighted by molar-refractivity contribution is 0.309. The van der Waals surface area contributed by atoms with Crippen LogP contribution >= 0.6 is 11.3 Å². The zero-order chi connectivity index (χ0) is 23.4. The van der Waals surface area contributed by atoms with Gasteiger partial charge < -0.3 is 18.9 Å². The Kier molecular flexibility index (Phi) is 6.79. The molecule has 0 spiro atoms. The molecule has 0 amide bonds. The van der Waals surface area contributed by atoms with Crippen molar-refractivity contribution in [3.8, 4) is 34.4 Å². The van der Waals surface area contributed by atoms with Crippen LogP contribution in [-0.2, 0) is 0 Å². The summed E-state index contributed by atoms with van der Waals surface area (Å²) in [6.07, 6.45) is 3.85. The van der Waals surface area contributed by atoms with Crippen LogP contribution in [0.5, 0.6) is 23.0 Å². The molecule has 2 aromatic heterocycles. The second-order valence-electron chi connectivity index (χ2n) is 7.20. The first-order valence-electron chi connectivity index (χ1n) is 10.5. The number of unbranched alkanes of at least 4 members (excludes halogenated alkanes) is 1. The number of rotatable bonds is 9. The van der Waals surface area contributed by atoms with Gasteiger partial charge in [-0.2, -0.15) is 9.50 Å². The van der Waals surface area contributed by atoms with Gasteiger partial charge in [-0.05, 0) is 30.7 Å². The second-order valence-corrected chi connectivity index (χ2v) is 8.21. The topological polar surface area (TPSA) is 84.2 Å². The van der Waals surface area contributed by atoms with Gasteiger partial charge in [0.2, 0.25) is 10.7 Å². The molecular weight excluding hydrogens is 442 g/mol. The molecule has 0 N–H and O–H groups in total. The molecule has 0 aliphatic heterocycles. The third-order valence-electron chi connectivity index (χ3n) is 5.07. The fourth-order valence-electron chi connectivity index (χ4n) is 3.37. The first kappa shape index (κ1) is 22.6. The van der Waals surface area contributed by atoms with E-state index in [9.17, 15) is 4.79 Å². The molecule has 33 heavy (non-hydrogen) atoms. The Morgan fingerprint density at radius 1 is 1.03 bits per heavy atom. The van der Waals surface area contributed by atoms with Crippen molar-refractivity contribution in [2.75, 3.05) is 27.9 Å². The molecule has 9 heteroatoms. The molecule has 172 valence electrons. The van der Waals surface area contributed by atoms with Crippen molar-refractivity contribution in [3.63, 3.8) is 0 Å². The lowest BCUT2D eigenvalue weighted by atomic mass is 10.1. The van der Waals surface area contributed by atoms with Crippen LogP contribution in [0, 0.1) is 0 Å². The molecule has 0 radical (unpaired) electrons. The fraction of sp³-hybridized carbons (Fsp3) is 0.292. The SMILES string of the molecule is CCCCOc1ccccc1C=c1sc2nc(-c3cc(OC)c(OC)c(OC)c3)nn2c1=O. The summed E-state index contributed by atoms with van der Waals surface area (Å²) in [7, 11) is 4.63. The zero-order valence-corrected chi connectivity index (χ0v) is 19.8. The highest BCUT2D eigenvalue weighted by Crippen LogP contribution is 2.40. The lowest BCUT2D eigenvalue weighted by Gasteiger charge is -2.12. The number of thiazole rings is 1. The summed E-state index contributed by atoms with van der Waals surface area (Å²) in [6.45, 7) is 2.75. The van der Waals surface area contributed by atoms with Crippen LogP contribution in [-0.4, -0.2) is 42.5 Å². The summed E-state index contributed by atoms with van der Waals surface area (Å²) < 4.78 is 23.9. The molecule has 0 unspecified atom stereocenters. The van der Waals surface area contributed by atoms with Gasteiger partial charge in [-0.1, -0.05) is 42.9 Å². The van der Waals surface area contributed by atoms with E-state index in [-0.39, 0.29) is 5.56 Å². The van der Waals surface area contributed by atoms with Crippen LogP contribution in [0.3, 0.4) is 0 Å². The molecule has 0 bridgehead atoms. The molecule has 2 heterocycles. The summed E-state index contributed by atoms with van der Waals surface area (Å²) in [6, 6.07) is 11.2. The van der Waals surface area contributed by atoms with Gasteiger partial charge in [0.15, 0.2) is 17.3 Å². The van der Waals surface area contributed by atoms with Crippen molar-refractivity contribution in [2.45, 2.75) is 19.8 Å². The predicted octanol–water partition coefficient (Wildman–Crippen LogP) is 3.57. The molecule has 4 rings (SSSR count). The van der Waals surface area contributed by atoms with Gasteiger partial charge in [0.05, 0.1) is 32.5 Å². The van der Waals surface area contributed by atoms with Crippen molar-refractivity contribution in [3.05, 3.63) is 56.8 Å². The van der Waals surface area contributed by atoms with E-state index in [4.69, 9.17) is 18.9 Å². The number of ether oxygens (including phenoxy) is 4. The van der Waals surface area contributed by atoms with Crippen LogP contribution in [0.25, 0.3) is 22.4 Å². The van der Waals surface area contributed by atoms with Gasteiger partial charge in [0.1, 0.15) is 5.75 Å². The second kappa shape index (κ2) is 9.91. The molecule has 0 saturated heterocycles. The zero-order valence-electron chi connectivity index (χ0n) is 19.0. The Balaban J connectivity index is 1.73. The number of aromatic nitrogens is 3. The largest absolute Gasteiger partial charge is 0.493 e. The maximum atomic E-state index is 13.0.